The van der Waals surface area contributed by atoms with Gasteiger partial charge in [0.25, 0.3) is 0 Å². The van der Waals surface area contributed by atoms with E-state index in [9.17, 15) is 9.59 Å². The Bertz CT molecular complexity index is 845. The van der Waals surface area contributed by atoms with E-state index in [1.54, 1.807) is 0 Å². The van der Waals surface area contributed by atoms with Crippen LogP contribution in [0.4, 0.5) is 0 Å². The molecule has 0 saturated carbocycles. The predicted octanol–water partition coefficient (Wildman–Crippen LogP) is 1.96. The molecule has 1 aromatic heterocycles. The summed E-state index contributed by atoms with van der Waals surface area (Å²) in [4.78, 5) is 26.3. The van der Waals surface area contributed by atoms with Gasteiger partial charge in [-0.15, -0.1) is 0 Å². The van der Waals surface area contributed by atoms with Gasteiger partial charge in [-0.25, -0.2) is 14.3 Å². The fourth-order valence-electron chi connectivity index (χ4n) is 2.51. The minimum absolute atomic E-state index is 0.373. The van der Waals surface area contributed by atoms with E-state index in [4.69, 9.17) is 0 Å². The first-order chi connectivity index (χ1) is 10.8. The van der Waals surface area contributed by atoms with Crippen molar-refractivity contribution < 1.29 is 0 Å². The number of hydrogen-bond donors (Lipinski definition) is 1. The van der Waals surface area contributed by atoms with E-state index >= 15 is 0 Å². The first-order valence-corrected chi connectivity index (χ1v) is 7.27. The molecule has 0 spiro atoms. The number of benzene rings is 2. The molecule has 0 fully saturated rings. The van der Waals surface area contributed by atoms with Gasteiger partial charge in [-0.05, 0) is 30.5 Å². The highest BCUT2D eigenvalue weighted by molar-refractivity contribution is 5.29. The van der Waals surface area contributed by atoms with Gasteiger partial charge in [-0.3, -0.25) is 4.98 Å². The van der Waals surface area contributed by atoms with Crippen LogP contribution in [0, 0.1) is 0 Å². The Morgan fingerprint density at radius 1 is 0.818 bits per heavy atom. The molecule has 0 amide bonds. The minimum atomic E-state index is -0.407. The molecule has 5 nitrogen and oxygen atoms in total. The molecule has 5 heteroatoms. The van der Waals surface area contributed by atoms with Gasteiger partial charge in [0.05, 0.1) is 5.69 Å². The second-order valence-electron chi connectivity index (χ2n) is 5.09. The van der Waals surface area contributed by atoms with Gasteiger partial charge in [0.1, 0.15) is 0 Å². The topological polar surface area (TPSA) is 59.8 Å². The maximum absolute atomic E-state index is 12.0. The summed E-state index contributed by atoms with van der Waals surface area (Å²) in [6.45, 7) is 0.487. The molecule has 1 heterocycles. The summed E-state index contributed by atoms with van der Waals surface area (Å²) >= 11 is 0. The van der Waals surface area contributed by atoms with Crippen molar-refractivity contribution in [3.8, 4) is 5.69 Å². The number of aromatic amines is 1. The van der Waals surface area contributed by atoms with E-state index in [0.717, 1.165) is 12.8 Å². The third kappa shape index (κ3) is 2.93. The average Bonchev–Trinajstić information content (AvgIpc) is 2.83. The van der Waals surface area contributed by atoms with Crippen LogP contribution in [-0.2, 0) is 13.0 Å². The highest BCUT2D eigenvalue weighted by Crippen LogP contribution is 2.05. The standard InChI is InChI=1S/C17H17N3O2/c21-16-18-17(22)20(15-11-5-2-6-12-15)19(16)13-7-10-14-8-3-1-4-9-14/h1-6,8-9,11-12H,7,10,13H2,(H,18,21,22). The molecule has 0 aliphatic rings. The van der Waals surface area contributed by atoms with E-state index in [2.05, 4.69) is 17.1 Å². The summed E-state index contributed by atoms with van der Waals surface area (Å²) in [6.07, 6.45) is 1.65. The highest BCUT2D eigenvalue weighted by atomic mass is 16.2. The molecule has 0 saturated heterocycles. The Kier molecular flexibility index (Phi) is 4.05. The zero-order valence-corrected chi connectivity index (χ0v) is 12.1. The van der Waals surface area contributed by atoms with Gasteiger partial charge >= 0.3 is 11.4 Å². The molecule has 0 aliphatic carbocycles. The van der Waals surface area contributed by atoms with Gasteiger partial charge in [0.2, 0.25) is 0 Å². The van der Waals surface area contributed by atoms with Crippen LogP contribution in [-0.4, -0.2) is 14.3 Å². The fraction of sp³-hybridized carbons (Fsp3) is 0.176. The molecule has 0 bridgehead atoms. The number of nitrogens with zero attached hydrogens (tertiary/aromatic N) is 2. The molecule has 112 valence electrons. The average molecular weight is 295 g/mol. The van der Waals surface area contributed by atoms with Gasteiger partial charge in [0, 0.05) is 6.54 Å². The van der Waals surface area contributed by atoms with Crippen molar-refractivity contribution >= 4 is 0 Å². The third-order valence-electron chi connectivity index (χ3n) is 3.56. The smallest absolute Gasteiger partial charge is 0.256 e. The largest absolute Gasteiger partial charge is 0.349 e. The number of para-hydroxylation sites is 1. The van der Waals surface area contributed by atoms with Gasteiger partial charge in [0.15, 0.2) is 0 Å². The summed E-state index contributed by atoms with van der Waals surface area (Å²) in [6, 6.07) is 19.3. The Morgan fingerprint density at radius 3 is 2.14 bits per heavy atom. The van der Waals surface area contributed by atoms with Crippen molar-refractivity contribution in [2.75, 3.05) is 0 Å². The Morgan fingerprint density at radius 2 is 1.45 bits per heavy atom. The van der Waals surface area contributed by atoms with Crippen molar-refractivity contribution in [3.05, 3.63) is 87.2 Å². The van der Waals surface area contributed by atoms with Crippen molar-refractivity contribution in [2.24, 2.45) is 0 Å². The molecule has 0 atom stereocenters. The number of aromatic nitrogens is 3. The maximum Gasteiger partial charge on any atom is 0.349 e. The van der Waals surface area contributed by atoms with Crippen LogP contribution in [0.2, 0.25) is 0 Å². The lowest BCUT2D eigenvalue weighted by molar-refractivity contribution is 0.506. The monoisotopic (exact) mass is 295 g/mol. The van der Waals surface area contributed by atoms with Crippen LogP contribution in [0.25, 0.3) is 5.69 Å². The number of aryl methyl sites for hydroxylation is 1. The molecule has 0 radical (unpaired) electrons. The first kappa shape index (κ1) is 14.1. The Balaban J connectivity index is 1.82. The summed E-state index contributed by atoms with van der Waals surface area (Å²) in [5.74, 6) is 0. The molecule has 3 aromatic rings. The maximum atomic E-state index is 12.0. The lowest BCUT2D eigenvalue weighted by Gasteiger charge is -2.09. The Hall–Kier alpha value is -2.82. The van der Waals surface area contributed by atoms with Crippen LogP contribution < -0.4 is 11.4 Å². The van der Waals surface area contributed by atoms with Crippen LogP contribution in [0.1, 0.15) is 12.0 Å². The van der Waals surface area contributed by atoms with E-state index in [1.807, 2.05) is 48.5 Å². The molecular formula is C17H17N3O2. The lowest BCUT2D eigenvalue weighted by atomic mass is 10.1. The highest BCUT2D eigenvalue weighted by Gasteiger charge is 2.10. The molecular weight excluding hydrogens is 278 g/mol. The van der Waals surface area contributed by atoms with E-state index < -0.39 is 5.69 Å². The van der Waals surface area contributed by atoms with Crippen molar-refractivity contribution in [1.29, 1.82) is 0 Å². The molecule has 0 unspecified atom stereocenters. The molecule has 3 rings (SSSR count). The summed E-state index contributed by atoms with van der Waals surface area (Å²) in [5, 5.41) is 0. The second-order valence-corrected chi connectivity index (χ2v) is 5.09. The normalized spacial score (nSPS) is 10.7. The van der Waals surface area contributed by atoms with Crippen LogP contribution in [0.15, 0.2) is 70.3 Å². The lowest BCUT2D eigenvalue weighted by Crippen LogP contribution is -2.25. The third-order valence-corrected chi connectivity index (χ3v) is 3.56. The zero-order valence-electron chi connectivity index (χ0n) is 12.1. The van der Waals surface area contributed by atoms with Crippen LogP contribution in [0.3, 0.4) is 0 Å². The number of H-pyrrole nitrogens is 1. The van der Waals surface area contributed by atoms with Gasteiger partial charge in [-0.2, -0.15) is 4.68 Å². The molecule has 0 aliphatic heterocycles. The molecule has 22 heavy (non-hydrogen) atoms. The second kappa shape index (κ2) is 6.30. The van der Waals surface area contributed by atoms with E-state index in [0.29, 0.717) is 12.2 Å². The van der Waals surface area contributed by atoms with E-state index in [1.165, 1.54) is 14.9 Å². The number of hydrogen-bond acceptors (Lipinski definition) is 2. The van der Waals surface area contributed by atoms with Crippen molar-refractivity contribution in [1.82, 2.24) is 14.3 Å². The summed E-state index contributed by atoms with van der Waals surface area (Å²) in [5.41, 5.74) is 1.13. The van der Waals surface area contributed by atoms with Crippen LogP contribution >= 0.6 is 0 Å². The van der Waals surface area contributed by atoms with Gasteiger partial charge in [-0.1, -0.05) is 48.5 Å². The minimum Gasteiger partial charge on any atom is -0.256 e. The Labute approximate surface area is 127 Å². The summed E-state index contributed by atoms with van der Waals surface area (Å²) < 4.78 is 2.86. The van der Waals surface area contributed by atoms with Gasteiger partial charge < -0.3 is 0 Å². The molecule has 2 aromatic carbocycles. The first-order valence-electron chi connectivity index (χ1n) is 7.27. The number of nitrogens with one attached hydrogen (secondary N) is 1. The van der Waals surface area contributed by atoms with Crippen LogP contribution in [0.5, 0.6) is 0 Å². The zero-order chi connectivity index (χ0) is 15.4. The number of rotatable bonds is 5. The fourth-order valence-corrected chi connectivity index (χ4v) is 2.51. The quantitative estimate of drug-likeness (QED) is 0.782. The SMILES string of the molecule is O=c1[nH]c(=O)n(-c2ccccc2)n1CCCc1ccccc1. The van der Waals surface area contributed by atoms with E-state index in [-0.39, 0.29) is 5.69 Å². The summed E-state index contributed by atoms with van der Waals surface area (Å²) in [7, 11) is 0. The molecule has 1 N–H and O–H groups in total. The van der Waals surface area contributed by atoms with Crippen molar-refractivity contribution in [3.63, 3.8) is 0 Å². The van der Waals surface area contributed by atoms with Crippen molar-refractivity contribution in [2.45, 2.75) is 19.4 Å². The predicted molar refractivity (Wildman–Crippen MR) is 85.4 cm³/mol.